The number of anilines is 1. The van der Waals surface area contributed by atoms with Crippen LogP contribution in [0.5, 0.6) is 0 Å². The number of aromatic nitrogens is 2. The molecule has 21 heavy (non-hydrogen) atoms. The third kappa shape index (κ3) is 2.22. The molecule has 0 spiro atoms. The van der Waals surface area contributed by atoms with E-state index in [1.807, 2.05) is 6.92 Å². The summed E-state index contributed by atoms with van der Waals surface area (Å²) in [7, 11) is -3.28. The normalized spacial score (nSPS) is 31.2. The summed E-state index contributed by atoms with van der Waals surface area (Å²) >= 11 is 6.03. The molecular weight excluding hydrogens is 314 g/mol. The average Bonchev–Trinajstić information content (AvgIpc) is 2.60. The lowest BCUT2D eigenvalue weighted by molar-refractivity contribution is 0.0984. The molecule has 0 saturated carbocycles. The monoisotopic (exact) mass is 331 g/mol. The van der Waals surface area contributed by atoms with Crippen molar-refractivity contribution in [3.05, 3.63) is 16.5 Å². The molecule has 0 aromatic carbocycles. The Labute approximate surface area is 129 Å². The Bertz CT molecular complexity index is 679. The van der Waals surface area contributed by atoms with Crippen LogP contribution in [0.25, 0.3) is 0 Å². The Balaban J connectivity index is 2.18. The Morgan fingerprint density at radius 1 is 1.24 bits per heavy atom. The van der Waals surface area contributed by atoms with Crippen molar-refractivity contribution in [1.29, 1.82) is 0 Å². The number of hydrogen-bond acceptors (Lipinski definition) is 6. The minimum atomic E-state index is -3.28. The smallest absolute Gasteiger partial charge is 0.224 e. The molecule has 0 N–H and O–H groups in total. The van der Waals surface area contributed by atoms with Gasteiger partial charge in [-0.15, -0.1) is 0 Å². The van der Waals surface area contributed by atoms with Crippen LogP contribution in [0.2, 0.25) is 5.28 Å². The van der Waals surface area contributed by atoms with Crippen molar-refractivity contribution in [2.75, 3.05) is 24.7 Å². The predicted molar refractivity (Wildman–Crippen MR) is 80.4 cm³/mol. The van der Waals surface area contributed by atoms with E-state index in [2.05, 4.69) is 14.9 Å². The lowest BCUT2D eigenvalue weighted by Crippen LogP contribution is -2.44. The molecule has 1 saturated heterocycles. The molecule has 0 bridgehead atoms. The molecule has 1 aromatic rings. The molecule has 1 fully saturated rings. The van der Waals surface area contributed by atoms with Gasteiger partial charge in [0.2, 0.25) is 5.28 Å². The molecule has 3 heterocycles. The quantitative estimate of drug-likeness (QED) is 0.732. The first-order valence-corrected chi connectivity index (χ1v) is 8.97. The third-order valence-electron chi connectivity index (χ3n) is 4.34. The van der Waals surface area contributed by atoms with Gasteiger partial charge in [-0.25, -0.2) is 18.4 Å². The Morgan fingerprint density at radius 3 is 2.62 bits per heavy atom. The zero-order valence-corrected chi connectivity index (χ0v) is 13.8. The van der Waals surface area contributed by atoms with Crippen LogP contribution >= 0.6 is 11.6 Å². The van der Waals surface area contributed by atoms with Crippen LogP contribution in [-0.2, 0) is 14.6 Å². The SMILES string of the molecule is CC1c2nc(Cl)nc(N3CCOC[C@@H]3C)c2C(C)S1(=O)=O. The van der Waals surface area contributed by atoms with Crippen molar-refractivity contribution in [3.8, 4) is 0 Å². The molecule has 0 radical (unpaired) electrons. The van der Waals surface area contributed by atoms with Crippen LogP contribution in [0.3, 0.4) is 0 Å². The summed E-state index contributed by atoms with van der Waals surface area (Å²) in [6, 6.07) is 0.125. The fourth-order valence-corrected chi connectivity index (χ4v) is 4.86. The van der Waals surface area contributed by atoms with Crippen LogP contribution in [-0.4, -0.2) is 44.2 Å². The van der Waals surface area contributed by atoms with Crippen LogP contribution in [0.15, 0.2) is 0 Å². The van der Waals surface area contributed by atoms with E-state index in [4.69, 9.17) is 16.3 Å². The van der Waals surface area contributed by atoms with Gasteiger partial charge in [0.05, 0.1) is 30.2 Å². The molecule has 2 unspecified atom stereocenters. The Hall–Kier alpha value is -0.920. The zero-order chi connectivity index (χ0) is 15.4. The summed E-state index contributed by atoms with van der Waals surface area (Å²) < 4.78 is 30.3. The van der Waals surface area contributed by atoms with Crippen LogP contribution in [0, 0.1) is 0 Å². The molecule has 3 atom stereocenters. The van der Waals surface area contributed by atoms with E-state index in [9.17, 15) is 8.42 Å². The fourth-order valence-electron chi connectivity index (χ4n) is 3.03. The van der Waals surface area contributed by atoms with Gasteiger partial charge in [-0.1, -0.05) is 0 Å². The standard InChI is InChI=1S/C13H18ClN3O3S/c1-7-6-20-5-4-17(7)12-10-8(2)21(18,19)9(3)11(10)15-13(14)16-12/h7-9H,4-6H2,1-3H3/t7-,8?,9?/m0/s1. The summed E-state index contributed by atoms with van der Waals surface area (Å²) in [5.41, 5.74) is 1.23. The van der Waals surface area contributed by atoms with Gasteiger partial charge in [0, 0.05) is 12.1 Å². The first-order chi connectivity index (χ1) is 9.84. The summed E-state index contributed by atoms with van der Waals surface area (Å²) in [5.74, 6) is 0.640. The highest BCUT2D eigenvalue weighted by Crippen LogP contribution is 2.47. The topological polar surface area (TPSA) is 72.4 Å². The number of fused-ring (bicyclic) bond motifs is 1. The maximum Gasteiger partial charge on any atom is 0.224 e. The molecular formula is C13H18ClN3O3S. The molecule has 3 rings (SSSR count). The first kappa shape index (κ1) is 15.0. The van der Waals surface area contributed by atoms with Gasteiger partial charge in [-0.3, -0.25) is 0 Å². The van der Waals surface area contributed by atoms with Crippen LogP contribution in [0.4, 0.5) is 5.82 Å². The van der Waals surface area contributed by atoms with Gasteiger partial charge in [0.15, 0.2) is 9.84 Å². The molecule has 8 heteroatoms. The third-order valence-corrected chi connectivity index (χ3v) is 6.94. The van der Waals surface area contributed by atoms with Gasteiger partial charge in [0.1, 0.15) is 11.1 Å². The van der Waals surface area contributed by atoms with Crippen molar-refractivity contribution in [2.24, 2.45) is 0 Å². The predicted octanol–water partition coefficient (Wildman–Crippen LogP) is 1.91. The molecule has 2 aliphatic heterocycles. The van der Waals surface area contributed by atoms with E-state index >= 15 is 0 Å². The highest BCUT2D eigenvalue weighted by atomic mass is 35.5. The lowest BCUT2D eigenvalue weighted by atomic mass is 10.1. The number of hydrogen-bond donors (Lipinski definition) is 0. The largest absolute Gasteiger partial charge is 0.377 e. The van der Waals surface area contributed by atoms with Crippen LogP contribution < -0.4 is 4.90 Å². The van der Waals surface area contributed by atoms with Crippen molar-refractivity contribution >= 4 is 27.3 Å². The number of ether oxygens (including phenoxy) is 1. The number of sulfone groups is 1. The van der Waals surface area contributed by atoms with Gasteiger partial charge >= 0.3 is 0 Å². The number of morpholine rings is 1. The van der Waals surface area contributed by atoms with Gasteiger partial charge in [-0.05, 0) is 32.4 Å². The molecule has 1 aromatic heterocycles. The van der Waals surface area contributed by atoms with E-state index in [1.54, 1.807) is 13.8 Å². The molecule has 2 aliphatic rings. The first-order valence-electron chi connectivity index (χ1n) is 6.98. The number of rotatable bonds is 1. The van der Waals surface area contributed by atoms with Crippen molar-refractivity contribution < 1.29 is 13.2 Å². The van der Waals surface area contributed by atoms with Gasteiger partial charge in [0.25, 0.3) is 0 Å². The summed E-state index contributed by atoms with van der Waals surface area (Å²) in [5, 5.41) is -1.15. The second-order valence-corrected chi connectivity index (χ2v) is 8.54. The second-order valence-electron chi connectivity index (χ2n) is 5.61. The minimum absolute atomic E-state index is 0.0959. The Morgan fingerprint density at radius 2 is 1.95 bits per heavy atom. The molecule has 6 nitrogen and oxygen atoms in total. The van der Waals surface area contributed by atoms with E-state index in [0.717, 1.165) is 0 Å². The fraction of sp³-hybridized carbons (Fsp3) is 0.692. The number of nitrogens with zero attached hydrogens (tertiary/aromatic N) is 3. The second kappa shape index (κ2) is 5.07. The highest BCUT2D eigenvalue weighted by Gasteiger charge is 2.45. The zero-order valence-electron chi connectivity index (χ0n) is 12.2. The summed E-state index contributed by atoms with van der Waals surface area (Å²) in [6.45, 7) is 7.24. The Kier molecular flexibility index (Phi) is 3.62. The maximum atomic E-state index is 12.4. The van der Waals surface area contributed by atoms with Crippen molar-refractivity contribution in [2.45, 2.75) is 37.3 Å². The summed E-state index contributed by atoms with van der Waals surface area (Å²) in [4.78, 5) is 10.6. The minimum Gasteiger partial charge on any atom is -0.377 e. The van der Waals surface area contributed by atoms with Gasteiger partial charge in [-0.2, -0.15) is 0 Å². The summed E-state index contributed by atoms with van der Waals surface area (Å²) in [6.07, 6.45) is 0. The molecule has 0 amide bonds. The number of halogens is 1. The van der Waals surface area contributed by atoms with Crippen molar-refractivity contribution in [3.63, 3.8) is 0 Å². The molecule has 0 aliphatic carbocycles. The van der Waals surface area contributed by atoms with Gasteiger partial charge < -0.3 is 9.64 Å². The molecule has 116 valence electrons. The maximum absolute atomic E-state index is 12.4. The lowest BCUT2D eigenvalue weighted by Gasteiger charge is -2.35. The van der Waals surface area contributed by atoms with E-state index in [1.165, 1.54) is 0 Å². The van der Waals surface area contributed by atoms with Crippen LogP contribution in [0.1, 0.15) is 42.5 Å². The van der Waals surface area contributed by atoms with Crippen molar-refractivity contribution in [1.82, 2.24) is 9.97 Å². The van der Waals surface area contributed by atoms with E-state index < -0.39 is 20.3 Å². The van der Waals surface area contributed by atoms with E-state index in [-0.39, 0.29) is 11.3 Å². The van der Waals surface area contributed by atoms with E-state index in [0.29, 0.717) is 36.8 Å². The average molecular weight is 332 g/mol. The highest BCUT2D eigenvalue weighted by molar-refractivity contribution is 7.92.